The molecular weight excluding hydrogens is 464 g/mol. The van der Waals surface area contributed by atoms with Crippen LogP contribution in [0.3, 0.4) is 0 Å². The summed E-state index contributed by atoms with van der Waals surface area (Å²) in [6, 6.07) is 7.93. The van der Waals surface area contributed by atoms with Gasteiger partial charge in [-0.3, -0.25) is 14.4 Å². The average molecular weight is 501 g/mol. The van der Waals surface area contributed by atoms with Crippen LogP contribution in [0.4, 0.5) is 0 Å². The van der Waals surface area contributed by atoms with Crippen molar-refractivity contribution in [2.24, 2.45) is 22.7 Å². The molecule has 2 fully saturated rings. The lowest BCUT2D eigenvalue weighted by molar-refractivity contribution is -0.136. The Bertz CT molecular complexity index is 1260. The molecule has 0 aromatic heterocycles. The van der Waals surface area contributed by atoms with Crippen molar-refractivity contribution in [1.29, 1.82) is 0 Å². The number of methoxy groups -OCH3 is 1. The summed E-state index contributed by atoms with van der Waals surface area (Å²) in [5.74, 6) is 7.06. The van der Waals surface area contributed by atoms with Crippen molar-refractivity contribution < 1.29 is 24.2 Å². The first kappa shape index (κ1) is 25.8. The Balaban J connectivity index is 1.69. The van der Waals surface area contributed by atoms with Gasteiger partial charge in [-0.2, -0.15) is 0 Å². The summed E-state index contributed by atoms with van der Waals surface area (Å²) >= 11 is 0. The largest absolute Gasteiger partial charge is 0.384 e. The van der Waals surface area contributed by atoms with Crippen molar-refractivity contribution in [3.63, 3.8) is 0 Å². The molecule has 4 aliphatic rings. The minimum absolute atomic E-state index is 0.00221. The van der Waals surface area contributed by atoms with Crippen LogP contribution in [0.2, 0.25) is 0 Å². The molecule has 0 spiro atoms. The third-order valence-electron chi connectivity index (χ3n) is 9.78. The van der Waals surface area contributed by atoms with E-state index in [1.165, 1.54) is 16.7 Å². The van der Waals surface area contributed by atoms with Gasteiger partial charge < -0.3 is 9.84 Å². The Labute approximate surface area is 219 Å². The van der Waals surface area contributed by atoms with Crippen LogP contribution < -0.4 is 0 Å². The standard InChI is InChI=1S/C32H36O5/c1-20(34)21-5-7-22(8-6-21)27-18-31(2)28(13-15-32(31,14-4-16-33)29(36)19-37-3)26-11-9-23-17-24(35)10-12-25(23)30(26)27/h5-8,17,26-28,33H,9-13,15-16,18-19H2,1-3H3/t26-,27+,28-,31-,32+/m0/s1. The molecule has 0 saturated heterocycles. The molecule has 2 saturated carbocycles. The maximum absolute atomic E-state index is 13.7. The first-order chi connectivity index (χ1) is 17.8. The number of allylic oxidation sites excluding steroid dienone is 4. The van der Waals surface area contributed by atoms with Gasteiger partial charge in [0.2, 0.25) is 0 Å². The predicted molar refractivity (Wildman–Crippen MR) is 141 cm³/mol. The lowest BCUT2D eigenvalue weighted by Crippen LogP contribution is -2.51. The summed E-state index contributed by atoms with van der Waals surface area (Å²) in [6.07, 6.45) is 7.36. The zero-order valence-corrected chi connectivity index (χ0v) is 22.1. The Kier molecular flexibility index (Phi) is 6.85. The van der Waals surface area contributed by atoms with Crippen LogP contribution in [-0.2, 0) is 14.3 Å². The third kappa shape index (κ3) is 4.06. The maximum atomic E-state index is 13.7. The van der Waals surface area contributed by atoms with E-state index in [1.807, 2.05) is 18.2 Å². The van der Waals surface area contributed by atoms with E-state index in [0.717, 1.165) is 37.7 Å². The van der Waals surface area contributed by atoms with Crippen LogP contribution in [0.5, 0.6) is 0 Å². The van der Waals surface area contributed by atoms with Gasteiger partial charge in [0.05, 0.1) is 5.41 Å². The third-order valence-corrected chi connectivity index (χ3v) is 9.78. The molecule has 0 bridgehead atoms. The van der Waals surface area contributed by atoms with E-state index in [4.69, 9.17) is 4.74 Å². The summed E-state index contributed by atoms with van der Waals surface area (Å²) in [7, 11) is 1.54. The predicted octanol–water partition coefficient (Wildman–Crippen LogP) is 4.99. The van der Waals surface area contributed by atoms with E-state index in [9.17, 15) is 19.5 Å². The van der Waals surface area contributed by atoms with Crippen LogP contribution in [0.1, 0.15) is 80.6 Å². The number of ketones is 3. The van der Waals surface area contributed by atoms with Gasteiger partial charge >= 0.3 is 0 Å². The molecule has 1 aromatic rings. The van der Waals surface area contributed by atoms with Crippen LogP contribution in [0.15, 0.2) is 47.1 Å². The lowest BCUT2D eigenvalue weighted by atomic mass is 9.48. The van der Waals surface area contributed by atoms with Gasteiger partial charge in [-0.05, 0) is 85.5 Å². The molecule has 5 heteroatoms. The quantitative estimate of drug-likeness (QED) is 0.455. The number of hydrogen-bond donors (Lipinski definition) is 1. The molecule has 5 rings (SSSR count). The van der Waals surface area contributed by atoms with Crippen LogP contribution in [-0.4, -0.2) is 42.8 Å². The van der Waals surface area contributed by atoms with E-state index >= 15 is 0 Å². The number of fused-ring (bicyclic) bond motifs is 4. The topological polar surface area (TPSA) is 80.7 Å². The van der Waals surface area contributed by atoms with Gasteiger partial charge in [0, 0.05) is 25.0 Å². The second-order valence-electron chi connectivity index (χ2n) is 11.4. The van der Waals surface area contributed by atoms with Gasteiger partial charge in [0.25, 0.3) is 0 Å². The monoisotopic (exact) mass is 500 g/mol. The first-order valence-corrected chi connectivity index (χ1v) is 13.5. The van der Waals surface area contributed by atoms with Gasteiger partial charge in [0.15, 0.2) is 17.3 Å². The van der Waals surface area contributed by atoms with Gasteiger partial charge in [-0.25, -0.2) is 0 Å². The molecule has 37 heavy (non-hydrogen) atoms. The van der Waals surface area contributed by atoms with Crippen molar-refractivity contribution in [2.75, 3.05) is 20.3 Å². The number of carbonyl (C=O) groups excluding carboxylic acids is 3. The minimum Gasteiger partial charge on any atom is -0.384 e. The SMILES string of the molecule is COCC(=O)[C@@]1(C#CCO)CC[C@H]2[C@@H]3CCC4=CC(=O)CCC4=C3[C@@H](c3ccc(C(C)=O)cc3)C[C@@]21C. The summed E-state index contributed by atoms with van der Waals surface area (Å²) in [5, 5.41) is 9.59. The van der Waals surface area contributed by atoms with E-state index < -0.39 is 10.8 Å². The zero-order chi connectivity index (χ0) is 26.4. The fraction of sp³-hybridized carbons (Fsp3) is 0.531. The molecule has 0 heterocycles. The molecule has 5 nitrogen and oxygen atoms in total. The zero-order valence-electron chi connectivity index (χ0n) is 22.1. The normalized spacial score (nSPS) is 32.5. The van der Waals surface area contributed by atoms with E-state index in [1.54, 1.807) is 14.0 Å². The van der Waals surface area contributed by atoms with Crippen LogP contribution in [0.25, 0.3) is 0 Å². The fourth-order valence-electron chi connectivity index (χ4n) is 8.11. The number of carbonyl (C=O) groups is 3. The highest BCUT2D eigenvalue weighted by atomic mass is 16.5. The van der Waals surface area contributed by atoms with Crippen molar-refractivity contribution >= 4 is 17.3 Å². The number of rotatable bonds is 5. The Morgan fingerprint density at radius 3 is 2.57 bits per heavy atom. The van der Waals surface area contributed by atoms with Gasteiger partial charge in [0.1, 0.15) is 13.2 Å². The van der Waals surface area contributed by atoms with E-state index in [-0.39, 0.29) is 42.4 Å². The molecule has 194 valence electrons. The van der Waals surface area contributed by atoms with E-state index in [2.05, 4.69) is 30.9 Å². The number of hydrogen-bond acceptors (Lipinski definition) is 5. The average Bonchev–Trinajstić information content (AvgIpc) is 3.19. The Morgan fingerprint density at radius 2 is 1.89 bits per heavy atom. The molecule has 1 aromatic carbocycles. The molecule has 5 atom stereocenters. The number of aliphatic hydroxyl groups excluding tert-OH is 1. The molecular formula is C32H36O5. The Hall–Kier alpha value is -2.81. The highest BCUT2D eigenvalue weighted by molar-refractivity contribution is 5.94. The minimum atomic E-state index is -0.872. The Morgan fingerprint density at radius 1 is 1.14 bits per heavy atom. The number of aliphatic hydroxyl groups is 1. The van der Waals surface area contributed by atoms with E-state index in [0.29, 0.717) is 24.3 Å². The van der Waals surface area contributed by atoms with Crippen LogP contribution >= 0.6 is 0 Å². The van der Waals surface area contributed by atoms with Crippen molar-refractivity contribution in [1.82, 2.24) is 0 Å². The highest BCUT2D eigenvalue weighted by Crippen LogP contribution is 2.69. The molecule has 0 aliphatic heterocycles. The smallest absolute Gasteiger partial charge is 0.176 e. The van der Waals surface area contributed by atoms with Gasteiger partial charge in [-0.15, -0.1) is 0 Å². The molecule has 4 aliphatic carbocycles. The van der Waals surface area contributed by atoms with Gasteiger partial charge in [-0.1, -0.05) is 48.6 Å². The van der Waals surface area contributed by atoms with Crippen LogP contribution in [0, 0.1) is 34.5 Å². The number of ether oxygens (including phenoxy) is 1. The number of Topliss-reactive ketones (excluding diaryl/α,β-unsaturated/α-hetero) is 2. The second-order valence-corrected chi connectivity index (χ2v) is 11.4. The fourth-order valence-corrected chi connectivity index (χ4v) is 8.11. The molecule has 0 radical (unpaired) electrons. The summed E-state index contributed by atoms with van der Waals surface area (Å²) in [5.41, 5.74) is 4.54. The van der Waals surface area contributed by atoms with Crippen molar-refractivity contribution in [3.05, 3.63) is 58.2 Å². The summed E-state index contributed by atoms with van der Waals surface area (Å²) < 4.78 is 5.32. The van der Waals surface area contributed by atoms with Crippen molar-refractivity contribution in [3.8, 4) is 11.8 Å². The molecule has 0 amide bonds. The number of benzene rings is 1. The maximum Gasteiger partial charge on any atom is 0.176 e. The molecule has 0 unspecified atom stereocenters. The lowest BCUT2D eigenvalue weighted by Gasteiger charge is -2.54. The van der Waals surface area contributed by atoms with Crippen molar-refractivity contribution in [2.45, 2.75) is 64.7 Å². The summed E-state index contributed by atoms with van der Waals surface area (Å²) in [6.45, 7) is 3.54. The summed E-state index contributed by atoms with van der Waals surface area (Å²) in [4.78, 5) is 38.0. The second kappa shape index (κ2) is 9.82. The molecule has 1 N–H and O–H groups in total. The highest BCUT2D eigenvalue weighted by Gasteiger charge is 2.65. The first-order valence-electron chi connectivity index (χ1n) is 13.5.